The number of aryl methyl sites for hydroxylation is 1. The van der Waals surface area contributed by atoms with Crippen molar-refractivity contribution in [3.8, 4) is 5.75 Å². The minimum Gasteiger partial charge on any atom is -0.491 e. The fraction of sp³-hybridized carbons (Fsp3) is 0.739. The SMILES string of the molecule is CCCCCCCCCCc1ccc(OCCOCCOCC(O)CO)cc1. The highest BCUT2D eigenvalue weighted by molar-refractivity contribution is 5.27. The fourth-order valence-corrected chi connectivity index (χ4v) is 2.93. The zero-order chi connectivity index (χ0) is 20.3. The number of ether oxygens (including phenoxy) is 3. The van der Waals surface area contributed by atoms with Crippen LogP contribution in [0.2, 0.25) is 0 Å². The van der Waals surface area contributed by atoms with Crippen molar-refractivity contribution in [2.24, 2.45) is 0 Å². The van der Waals surface area contributed by atoms with E-state index < -0.39 is 6.10 Å². The molecule has 1 atom stereocenters. The van der Waals surface area contributed by atoms with Crippen molar-refractivity contribution in [2.45, 2.75) is 70.8 Å². The molecule has 5 heteroatoms. The third-order valence-electron chi connectivity index (χ3n) is 4.63. The lowest BCUT2D eigenvalue weighted by Gasteiger charge is -2.10. The van der Waals surface area contributed by atoms with Crippen molar-refractivity contribution in [3.05, 3.63) is 29.8 Å². The van der Waals surface area contributed by atoms with Crippen LogP contribution in [-0.2, 0) is 15.9 Å². The van der Waals surface area contributed by atoms with Crippen LogP contribution in [0.5, 0.6) is 5.75 Å². The average molecular weight is 397 g/mol. The Hall–Kier alpha value is -1.14. The first kappa shape index (κ1) is 24.9. The molecular formula is C23H40O5. The van der Waals surface area contributed by atoms with Crippen LogP contribution in [0.1, 0.15) is 63.9 Å². The summed E-state index contributed by atoms with van der Waals surface area (Å²) in [5.74, 6) is 0.866. The molecule has 0 aliphatic carbocycles. The number of aliphatic hydroxyl groups excluding tert-OH is 2. The summed E-state index contributed by atoms with van der Waals surface area (Å²) in [6, 6.07) is 8.36. The molecule has 1 unspecified atom stereocenters. The monoisotopic (exact) mass is 396 g/mol. The molecule has 1 aromatic carbocycles. The lowest BCUT2D eigenvalue weighted by molar-refractivity contribution is -0.0174. The number of rotatable bonds is 19. The molecule has 5 nitrogen and oxygen atoms in total. The van der Waals surface area contributed by atoms with Crippen LogP contribution in [0.25, 0.3) is 0 Å². The molecule has 0 saturated heterocycles. The van der Waals surface area contributed by atoms with Gasteiger partial charge in [0.15, 0.2) is 0 Å². The molecule has 0 saturated carbocycles. The second-order valence-electron chi connectivity index (χ2n) is 7.24. The summed E-state index contributed by atoms with van der Waals surface area (Å²) in [6.07, 6.45) is 11.1. The Morgan fingerprint density at radius 3 is 2.07 bits per heavy atom. The molecule has 0 aliphatic rings. The maximum atomic E-state index is 9.12. The Morgan fingerprint density at radius 1 is 0.786 bits per heavy atom. The highest BCUT2D eigenvalue weighted by atomic mass is 16.5. The van der Waals surface area contributed by atoms with Gasteiger partial charge in [0, 0.05) is 0 Å². The van der Waals surface area contributed by atoms with E-state index >= 15 is 0 Å². The van der Waals surface area contributed by atoms with Crippen LogP contribution in [0.15, 0.2) is 24.3 Å². The Balaban J connectivity index is 1.97. The number of unbranched alkanes of at least 4 members (excludes halogenated alkanes) is 7. The predicted octanol–water partition coefficient (Wildman–Crippen LogP) is 4.14. The smallest absolute Gasteiger partial charge is 0.119 e. The van der Waals surface area contributed by atoms with Crippen LogP contribution in [0, 0.1) is 0 Å². The van der Waals surface area contributed by atoms with Gasteiger partial charge in [-0.15, -0.1) is 0 Å². The topological polar surface area (TPSA) is 68.2 Å². The van der Waals surface area contributed by atoms with Gasteiger partial charge in [-0.2, -0.15) is 0 Å². The van der Waals surface area contributed by atoms with Crippen molar-refractivity contribution in [3.63, 3.8) is 0 Å². The van der Waals surface area contributed by atoms with Crippen molar-refractivity contribution in [1.82, 2.24) is 0 Å². The van der Waals surface area contributed by atoms with Gasteiger partial charge in [-0.25, -0.2) is 0 Å². The second-order valence-corrected chi connectivity index (χ2v) is 7.24. The highest BCUT2D eigenvalue weighted by Gasteiger charge is 2.01. The maximum absolute atomic E-state index is 9.12. The van der Waals surface area contributed by atoms with E-state index in [4.69, 9.17) is 24.4 Å². The van der Waals surface area contributed by atoms with E-state index in [0.717, 1.165) is 12.2 Å². The molecular weight excluding hydrogens is 356 g/mol. The van der Waals surface area contributed by atoms with Gasteiger partial charge in [-0.05, 0) is 30.5 Å². The van der Waals surface area contributed by atoms with Crippen molar-refractivity contribution < 1.29 is 24.4 Å². The van der Waals surface area contributed by atoms with E-state index in [-0.39, 0.29) is 13.2 Å². The Kier molecular flexibility index (Phi) is 15.9. The van der Waals surface area contributed by atoms with E-state index in [1.54, 1.807) is 0 Å². The minimum absolute atomic E-state index is 0.127. The molecule has 0 radical (unpaired) electrons. The van der Waals surface area contributed by atoms with E-state index in [1.165, 1.54) is 56.9 Å². The molecule has 0 aliphatic heterocycles. The van der Waals surface area contributed by atoms with Gasteiger partial charge in [0.2, 0.25) is 0 Å². The van der Waals surface area contributed by atoms with Gasteiger partial charge in [0.25, 0.3) is 0 Å². The zero-order valence-corrected chi connectivity index (χ0v) is 17.6. The minimum atomic E-state index is -0.818. The molecule has 0 spiro atoms. The molecule has 0 amide bonds. The van der Waals surface area contributed by atoms with Crippen LogP contribution in [0.3, 0.4) is 0 Å². The third-order valence-corrected chi connectivity index (χ3v) is 4.63. The van der Waals surface area contributed by atoms with Gasteiger partial charge in [0.05, 0.1) is 33.0 Å². The summed E-state index contributed by atoms with van der Waals surface area (Å²) < 4.78 is 16.2. The van der Waals surface area contributed by atoms with Crippen molar-refractivity contribution in [1.29, 1.82) is 0 Å². The summed E-state index contributed by atoms with van der Waals surface area (Å²) in [6.45, 7) is 3.93. The van der Waals surface area contributed by atoms with Crippen LogP contribution >= 0.6 is 0 Å². The molecule has 0 heterocycles. The van der Waals surface area contributed by atoms with E-state index in [2.05, 4.69) is 19.1 Å². The Labute approximate surface area is 171 Å². The van der Waals surface area contributed by atoms with E-state index in [1.807, 2.05) is 12.1 Å². The summed E-state index contributed by atoms with van der Waals surface area (Å²) >= 11 is 0. The van der Waals surface area contributed by atoms with Gasteiger partial charge in [-0.1, -0.05) is 64.0 Å². The summed E-state index contributed by atoms with van der Waals surface area (Å²) in [5.41, 5.74) is 1.37. The predicted molar refractivity (Wildman–Crippen MR) is 113 cm³/mol. The van der Waals surface area contributed by atoms with Crippen LogP contribution in [-0.4, -0.2) is 56.0 Å². The molecule has 162 valence electrons. The maximum Gasteiger partial charge on any atom is 0.119 e. The number of hydrogen-bond acceptors (Lipinski definition) is 5. The largest absolute Gasteiger partial charge is 0.491 e. The third kappa shape index (κ3) is 13.9. The van der Waals surface area contributed by atoms with Gasteiger partial charge < -0.3 is 24.4 Å². The van der Waals surface area contributed by atoms with Gasteiger partial charge in [0.1, 0.15) is 18.5 Å². The lowest BCUT2D eigenvalue weighted by atomic mass is 10.0. The molecule has 0 bridgehead atoms. The molecule has 28 heavy (non-hydrogen) atoms. The average Bonchev–Trinajstić information content (AvgIpc) is 2.72. The quantitative estimate of drug-likeness (QED) is 0.344. The first-order valence-electron chi connectivity index (χ1n) is 10.9. The van der Waals surface area contributed by atoms with Gasteiger partial charge >= 0.3 is 0 Å². The van der Waals surface area contributed by atoms with Crippen molar-refractivity contribution >= 4 is 0 Å². The fourth-order valence-electron chi connectivity index (χ4n) is 2.93. The summed E-state index contributed by atoms with van der Waals surface area (Å²) in [4.78, 5) is 0. The molecule has 0 fully saturated rings. The van der Waals surface area contributed by atoms with Crippen LogP contribution < -0.4 is 4.74 Å². The normalized spacial score (nSPS) is 12.2. The molecule has 2 N–H and O–H groups in total. The first-order valence-corrected chi connectivity index (χ1v) is 10.9. The zero-order valence-electron chi connectivity index (χ0n) is 17.6. The van der Waals surface area contributed by atoms with Crippen LogP contribution in [0.4, 0.5) is 0 Å². The summed E-state index contributed by atoms with van der Waals surface area (Å²) in [5, 5.41) is 17.8. The number of benzene rings is 1. The van der Waals surface area contributed by atoms with E-state index in [0.29, 0.717) is 26.4 Å². The second kappa shape index (κ2) is 17.9. The summed E-state index contributed by atoms with van der Waals surface area (Å²) in [7, 11) is 0. The lowest BCUT2D eigenvalue weighted by Crippen LogP contribution is -2.21. The number of hydrogen-bond donors (Lipinski definition) is 2. The molecule has 1 rings (SSSR count). The molecule has 0 aromatic heterocycles. The Morgan fingerprint density at radius 2 is 1.39 bits per heavy atom. The standard InChI is InChI=1S/C23H40O5/c1-2-3-4-5-6-7-8-9-10-21-11-13-23(14-12-21)28-18-17-26-15-16-27-20-22(25)19-24/h11-14,22,24-25H,2-10,15-20H2,1H3. The van der Waals surface area contributed by atoms with Crippen molar-refractivity contribution in [2.75, 3.05) is 39.6 Å². The van der Waals surface area contributed by atoms with Gasteiger partial charge in [-0.3, -0.25) is 0 Å². The number of aliphatic hydroxyl groups is 2. The van der Waals surface area contributed by atoms with E-state index in [9.17, 15) is 0 Å². The highest BCUT2D eigenvalue weighted by Crippen LogP contribution is 2.15. The first-order chi connectivity index (χ1) is 13.8. The Bertz CT molecular complexity index is 449. The molecule has 1 aromatic rings.